The van der Waals surface area contributed by atoms with Crippen LogP contribution in [0, 0.1) is 6.92 Å². The number of aryl methyl sites for hydroxylation is 1. The minimum atomic E-state index is 0.315. The molecule has 2 heterocycles. The molecule has 0 radical (unpaired) electrons. The van der Waals surface area contributed by atoms with Crippen molar-refractivity contribution < 1.29 is 4.52 Å². The molecule has 1 atom stereocenters. The van der Waals surface area contributed by atoms with Gasteiger partial charge in [0.1, 0.15) is 5.01 Å². The highest BCUT2D eigenvalue weighted by Crippen LogP contribution is 2.27. The Kier molecular flexibility index (Phi) is 4.31. The molecule has 0 aliphatic carbocycles. The highest BCUT2D eigenvalue weighted by molar-refractivity contribution is 7.13. The minimum Gasteiger partial charge on any atom is -0.334 e. The SMILES string of the molecule is CNC(C)Cc1noc(-c2cccc(-c3nc(C)cs3)c2)n1. The van der Waals surface area contributed by atoms with Gasteiger partial charge >= 0.3 is 0 Å². The molecule has 0 aliphatic rings. The first-order valence-electron chi connectivity index (χ1n) is 7.18. The van der Waals surface area contributed by atoms with E-state index in [0.29, 0.717) is 17.8 Å². The Labute approximate surface area is 133 Å². The molecular weight excluding hydrogens is 296 g/mol. The Balaban J connectivity index is 1.86. The Morgan fingerprint density at radius 2 is 2.09 bits per heavy atom. The van der Waals surface area contributed by atoms with Gasteiger partial charge in [0.2, 0.25) is 0 Å². The van der Waals surface area contributed by atoms with Gasteiger partial charge in [-0.15, -0.1) is 11.3 Å². The fourth-order valence-corrected chi connectivity index (χ4v) is 2.90. The molecule has 3 aromatic rings. The molecule has 0 aliphatic heterocycles. The molecule has 0 amide bonds. The lowest BCUT2D eigenvalue weighted by Crippen LogP contribution is -2.24. The maximum absolute atomic E-state index is 5.39. The molecule has 0 bridgehead atoms. The van der Waals surface area contributed by atoms with Gasteiger partial charge < -0.3 is 9.84 Å². The van der Waals surface area contributed by atoms with Gasteiger partial charge in [0.25, 0.3) is 5.89 Å². The Morgan fingerprint density at radius 1 is 1.27 bits per heavy atom. The standard InChI is InChI=1S/C16H18N4OS/c1-10(17-3)7-14-19-15(21-20-14)12-5-4-6-13(8-12)16-18-11(2)9-22-16/h4-6,8-10,17H,7H2,1-3H3. The second-order valence-corrected chi connectivity index (χ2v) is 6.14. The van der Waals surface area contributed by atoms with Gasteiger partial charge in [-0.1, -0.05) is 17.3 Å². The van der Waals surface area contributed by atoms with Crippen molar-refractivity contribution in [2.24, 2.45) is 0 Å². The molecule has 0 spiro atoms. The Bertz CT molecular complexity index is 765. The molecule has 114 valence electrons. The molecular formula is C16H18N4OS. The lowest BCUT2D eigenvalue weighted by molar-refractivity contribution is 0.418. The molecule has 6 heteroatoms. The first-order chi connectivity index (χ1) is 10.7. The van der Waals surface area contributed by atoms with Gasteiger partial charge in [-0.2, -0.15) is 4.98 Å². The van der Waals surface area contributed by atoms with Crippen molar-refractivity contribution in [3.63, 3.8) is 0 Å². The van der Waals surface area contributed by atoms with Gasteiger partial charge in [0, 0.05) is 34.7 Å². The summed E-state index contributed by atoms with van der Waals surface area (Å²) in [5, 5.41) is 10.3. The number of benzene rings is 1. The van der Waals surface area contributed by atoms with E-state index in [2.05, 4.69) is 27.4 Å². The molecule has 0 fully saturated rings. The minimum absolute atomic E-state index is 0.315. The molecule has 22 heavy (non-hydrogen) atoms. The molecule has 0 saturated heterocycles. The first kappa shape index (κ1) is 14.9. The topological polar surface area (TPSA) is 63.8 Å². The maximum Gasteiger partial charge on any atom is 0.257 e. The number of nitrogens with one attached hydrogen (secondary N) is 1. The van der Waals surface area contributed by atoms with E-state index in [1.807, 2.05) is 43.6 Å². The third-order valence-corrected chi connectivity index (χ3v) is 4.43. The van der Waals surface area contributed by atoms with Gasteiger partial charge in [-0.05, 0) is 33.0 Å². The van der Waals surface area contributed by atoms with E-state index in [0.717, 1.165) is 28.2 Å². The fourth-order valence-electron chi connectivity index (χ4n) is 2.10. The predicted molar refractivity (Wildman–Crippen MR) is 87.8 cm³/mol. The summed E-state index contributed by atoms with van der Waals surface area (Å²) in [4.78, 5) is 8.99. The van der Waals surface area contributed by atoms with Gasteiger partial charge in [-0.3, -0.25) is 0 Å². The van der Waals surface area contributed by atoms with Crippen LogP contribution in [0.5, 0.6) is 0 Å². The van der Waals surface area contributed by atoms with Crippen molar-refractivity contribution >= 4 is 11.3 Å². The fraction of sp³-hybridized carbons (Fsp3) is 0.312. The average Bonchev–Trinajstić information content (AvgIpc) is 3.16. The zero-order chi connectivity index (χ0) is 15.5. The van der Waals surface area contributed by atoms with Crippen molar-refractivity contribution in [2.45, 2.75) is 26.3 Å². The summed E-state index contributed by atoms with van der Waals surface area (Å²) < 4.78 is 5.39. The van der Waals surface area contributed by atoms with Crippen LogP contribution in [0.25, 0.3) is 22.0 Å². The lowest BCUT2D eigenvalue weighted by atomic mass is 10.1. The third kappa shape index (κ3) is 3.23. The highest BCUT2D eigenvalue weighted by atomic mass is 32.1. The van der Waals surface area contributed by atoms with Crippen molar-refractivity contribution in [2.75, 3.05) is 7.05 Å². The van der Waals surface area contributed by atoms with Crippen LogP contribution in [0.4, 0.5) is 0 Å². The summed E-state index contributed by atoms with van der Waals surface area (Å²) in [6, 6.07) is 8.36. The molecule has 1 N–H and O–H groups in total. The molecule has 5 nitrogen and oxygen atoms in total. The summed E-state index contributed by atoms with van der Waals surface area (Å²) in [5.74, 6) is 1.26. The number of rotatable bonds is 5. The zero-order valence-corrected chi connectivity index (χ0v) is 13.6. The van der Waals surface area contributed by atoms with Crippen molar-refractivity contribution in [3.05, 3.63) is 41.2 Å². The smallest absolute Gasteiger partial charge is 0.257 e. The Morgan fingerprint density at radius 3 is 2.82 bits per heavy atom. The Hall–Kier alpha value is -2.05. The molecule has 0 saturated carbocycles. The second kappa shape index (κ2) is 6.37. The van der Waals surface area contributed by atoms with E-state index >= 15 is 0 Å². The largest absolute Gasteiger partial charge is 0.334 e. The number of nitrogens with zero attached hydrogens (tertiary/aromatic N) is 3. The summed E-state index contributed by atoms with van der Waals surface area (Å²) in [5.41, 5.74) is 3.02. The van der Waals surface area contributed by atoms with E-state index in [9.17, 15) is 0 Å². The van der Waals surface area contributed by atoms with Crippen LogP contribution in [-0.4, -0.2) is 28.2 Å². The summed E-state index contributed by atoms with van der Waals surface area (Å²) in [7, 11) is 1.92. The number of hydrogen-bond donors (Lipinski definition) is 1. The van der Waals surface area contributed by atoms with Gasteiger partial charge in [0.15, 0.2) is 5.82 Å². The summed E-state index contributed by atoms with van der Waals surface area (Å²) in [6.45, 7) is 4.08. The van der Waals surface area contributed by atoms with Crippen molar-refractivity contribution in [3.8, 4) is 22.0 Å². The average molecular weight is 314 g/mol. The van der Waals surface area contributed by atoms with Crippen molar-refractivity contribution in [1.29, 1.82) is 0 Å². The van der Waals surface area contributed by atoms with E-state index in [1.54, 1.807) is 11.3 Å². The third-order valence-electron chi connectivity index (χ3n) is 3.43. The summed E-state index contributed by atoms with van der Waals surface area (Å²) >= 11 is 1.64. The lowest BCUT2D eigenvalue weighted by Gasteiger charge is -2.04. The van der Waals surface area contributed by atoms with Crippen LogP contribution in [0.15, 0.2) is 34.2 Å². The van der Waals surface area contributed by atoms with Gasteiger partial charge in [-0.25, -0.2) is 4.98 Å². The monoisotopic (exact) mass is 314 g/mol. The van der Waals surface area contributed by atoms with Crippen LogP contribution >= 0.6 is 11.3 Å². The van der Waals surface area contributed by atoms with E-state index < -0.39 is 0 Å². The normalized spacial score (nSPS) is 12.5. The zero-order valence-electron chi connectivity index (χ0n) is 12.8. The maximum atomic E-state index is 5.39. The molecule has 1 unspecified atom stereocenters. The molecule has 2 aromatic heterocycles. The second-order valence-electron chi connectivity index (χ2n) is 5.28. The summed E-state index contributed by atoms with van der Waals surface area (Å²) in [6.07, 6.45) is 0.741. The number of likely N-dealkylation sites (N-methyl/N-ethyl adjacent to an activating group) is 1. The van der Waals surface area contributed by atoms with E-state index in [4.69, 9.17) is 4.52 Å². The van der Waals surface area contributed by atoms with Gasteiger partial charge in [0.05, 0.1) is 0 Å². The van der Waals surface area contributed by atoms with Crippen LogP contribution in [0.1, 0.15) is 18.4 Å². The number of thiazole rings is 1. The van der Waals surface area contributed by atoms with Crippen LogP contribution < -0.4 is 5.32 Å². The molecule has 3 rings (SSSR count). The molecule has 1 aromatic carbocycles. The van der Waals surface area contributed by atoms with Crippen LogP contribution in [-0.2, 0) is 6.42 Å². The number of aromatic nitrogens is 3. The predicted octanol–water partition coefficient (Wildman–Crippen LogP) is 3.32. The highest BCUT2D eigenvalue weighted by Gasteiger charge is 2.12. The first-order valence-corrected chi connectivity index (χ1v) is 8.06. The quantitative estimate of drug-likeness (QED) is 0.782. The van der Waals surface area contributed by atoms with Crippen LogP contribution in [0.2, 0.25) is 0 Å². The van der Waals surface area contributed by atoms with E-state index in [-0.39, 0.29) is 0 Å². The van der Waals surface area contributed by atoms with Crippen molar-refractivity contribution in [1.82, 2.24) is 20.4 Å². The number of hydrogen-bond acceptors (Lipinski definition) is 6. The van der Waals surface area contributed by atoms with Crippen LogP contribution in [0.3, 0.4) is 0 Å². The van der Waals surface area contributed by atoms with E-state index in [1.165, 1.54) is 0 Å².